The van der Waals surface area contributed by atoms with Crippen LogP contribution in [0.4, 0.5) is 11.5 Å². The van der Waals surface area contributed by atoms with Gasteiger partial charge in [-0.25, -0.2) is 4.68 Å². The van der Waals surface area contributed by atoms with E-state index >= 15 is 0 Å². The van der Waals surface area contributed by atoms with Crippen molar-refractivity contribution < 1.29 is 4.79 Å². The molecule has 0 bridgehead atoms. The van der Waals surface area contributed by atoms with Crippen LogP contribution in [0.5, 0.6) is 0 Å². The Morgan fingerprint density at radius 3 is 2.92 bits per heavy atom. The van der Waals surface area contributed by atoms with E-state index in [0.717, 1.165) is 62.8 Å². The van der Waals surface area contributed by atoms with Gasteiger partial charge < -0.3 is 15.5 Å². The van der Waals surface area contributed by atoms with E-state index in [-0.39, 0.29) is 5.91 Å². The second kappa shape index (κ2) is 7.50. The van der Waals surface area contributed by atoms with E-state index in [1.165, 1.54) is 5.56 Å². The van der Waals surface area contributed by atoms with Gasteiger partial charge in [0.2, 0.25) is 5.91 Å². The number of aryl methyl sites for hydroxylation is 1. The Morgan fingerprint density at radius 2 is 2.12 bits per heavy atom. The molecule has 6 heteroatoms. The number of nitrogens with zero attached hydrogens (tertiary/aromatic N) is 3. The van der Waals surface area contributed by atoms with Gasteiger partial charge in [0.25, 0.3) is 0 Å². The first-order valence-electron chi connectivity index (χ1n) is 9.57. The van der Waals surface area contributed by atoms with E-state index < -0.39 is 0 Å². The molecule has 1 fully saturated rings. The number of amides is 1. The lowest BCUT2D eigenvalue weighted by molar-refractivity contribution is -0.119. The summed E-state index contributed by atoms with van der Waals surface area (Å²) in [5, 5.41) is 11.5. The zero-order valence-electron chi connectivity index (χ0n) is 15.4. The quantitative estimate of drug-likeness (QED) is 0.867. The van der Waals surface area contributed by atoms with Gasteiger partial charge >= 0.3 is 0 Å². The lowest BCUT2D eigenvalue weighted by Gasteiger charge is -2.27. The van der Waals surface area contributed by atoms with Crippen LogP contribution in [-0.4, -0.2) is 35.3 Å². The zero-order chi connectivity index (χ0) is 17.9. The molecular formula is C20H27N5O. The number of benzene rings is 1. The van der Waals surface area contributed by atoms with Crippen LogP contribution in [-0.2, 0) is 17.9 Å². The van der Waals surface area contributed by atoms with Crippen molar-refractivity contribution >= 4 is 17.4 Å². The summed E-state index contributed by atoms with van der Waals surface area (Å²) in [5.41, 5.74) is 3.34. The minimum atomic E-state index is 0.250. The van der Waals surface area contributed by atoms with Crippen molar-refractivity contribution in [2.45, 2.75) is 39.3 Å². The van der Waals surface area contributed by atoms with Gasteiger partial charge in [-0.15, -0.1) is 0 Å². The smallest absolute Gasteiger partial charge is 0.226 e. The molecule has 0 aliphatic carbocycles. The Balaban J connectivity index is 1.27. The molecule has 2 N–H and O–H groups in total. The van der Waals surface area contributed by atoms with Crippen molar-refractivity contribution in [3.63, 3.8) is 0 Å². The molecule has 3 heterocycles. The summed E-state index contributed by atoms with van der Waals surface area (Å²) < 4.78 is 2.07. The molecule has 1 atom stereocenters. The van der Waals surface area contributed by atoms with Crippen LogP contribution in [0.1, 0.15) is 30.5 Å². The van der Waals surface area contributed by atoms with Crippen LogP contribution in [0.25, 0.3) is 0 Å². The first kappa shape index (κ1) is 17.1. The van der Waals surface area contributed by atoms with Crippen molar-refractivity contribution in [3.8, 4) is 0 Å². The molecule has 2 aliphatic rings. The Hall–Kier alpha value is -2.34. The highest BCUT2D eigenvalue weighted by molar-refractivity contribution is 5.93. The molecule has 0 spiro atoms. The number of hydrogen-bond donors (Lipinski definition) is 2. The van der Waals surface area contributed by atoms with E-state index in [1.54, 1.807) is 0 Å². The van der Waals surface area contributed by atoms with Crippen LogP contribution in [0.2, 0.25) is 0 Å². The Kier molecular flexibility index (Phi) is 4.93. The number of nitrogens with one attached hydrogen (secondary N) is 2. The number of rotatable bonds is 5. The third-order valence-electron chi connectivity index (χ3n) is 5.24. The first-order valence-corrected chi connectivity index (χ1v) is 9.57. The lowest BCUT2D eigenvalue weighted by atomic mass is 10.1. The summed E-state index contributed by atoms with van der Waals surface area (Å²) in [7, 11) is 0. The first-order chi connectivity index (χ1) is 12.7. The van der Waals surface area contributed by atoms with Crippen molar-refractivity contribution in [2.75, 3.05) is 29.9 Å². The maximum atomic E-state index is 12.0. The summed E-state index contributed by atoms with van der Waals surface area (Å²) in [6.07, 6.45) is 2.80. The van der Waals surface area contributed by atoms with Crippen LogP contribution >= 0.6 is 0 Å². The predicted octanol–water partition coefficient (Wildman–Crippen LogP) is 2.54. The molecule has 1 saturated heterocycles. The third-order valence-corrected chi connectivity index (χ3v) is 5.24. The molecule has 2 aliphatic heterocycles. The van der Waals surface area contributed by atoms with E-state index in [0.29, 0.717) is 12.3 Å². The Morgan fingerprint density at radius 1 is 1.27 bits per heavy atom. The predicted molar refractivity (Wildman–Crippen MR) is 103 cm³/mol. The highest BCUT2D eigenvalue weighted by atomic mass is 16.2. The molecule has 1 amide bonds. The van der Waals surface area contributed by atoms with Crippen LogP contribution in [0.3, 0.4) is 0 Å². The standard InChI is InChI=1S/C20H27N5O/c1-15-10-19-22-13-17(14-25(19)23-15)12-21-11-16-5-7-18(8-6-16)24-9-3-2-4-20(24)26/h5-8,10,17,21-22H,2-4,9,11-14H2,1H3/t17-/m1/s1. The summed E-state index contributed by atoms with van der Waals surface area (Å²) in [4.78, 5) is 13.9. The van der Waals surface area contributed by atoms with Gasteiger partial charge in [-0.05, 0) is 37.5 Å². The Labute approximate surface area is 154 Å². The zero-order valence-corrected chi connectivity index (χ0v) is 15.4. The largest absolute Gasteiger partial charge is 0.370 e. The molecular weight excluding hydrogens is 326 g/mol. The number of anilines is 2. The fraction of sp³-hybridized carbons (Fsp3) is 0.500. The van der Waals surface area contributed by atoms with Crippen LogP contribution in [0, 0.1) is 12.8 Å². The van der Waals surface area contributed by atoms with E-state index in [1.807, 2.05) is 11.8 Å². The number of piperidine rings is 1. The average Bonchev–Trinajstić information content (AvgIpc) is 3.02. The molecule has 6 nitrogen and oxygen atoms in total. The number of fused-ring (bicyclic) bond motifs is 1. The summed E-state index contributed by atoms with van der Waals surface area (Å²) in [5.74, 6) is 1.91. The van der Waals surface area contributed by atoms with Crippen molar-refractivity contribution in [1.29, 1.82) is 0 Å². The molecule has 0 radical (unpaired) electrons. The molecule has 0 unspecified atom stereocenters. The number of aromatic nitrogens is 2. The van der Waals surface area contributed by atoms with Gasteiger partial charge in [0, 0.05) is 56.8 Å². The minimum Gasteiger partial charge on any atom is -0.370 e. The normalized spacial score (nSPS) is 20.0. The molecule has 4 rings (SSSR count). The third kappa shape index (κ3) is 3.75. The minimum absolute atomic E-state index is 0.250. The second-order valence-corrected chi connectivity index (χ2v) is 7.40. The SMILES string of the molecule is Cc1cc2n(n1)C[C@H](CNCc1ccc(N3CCCCC3=O)cc1)CN2. The number of carbonyl (C=O) groups is 1. The summed E-state index contributed by atoms with van der Waals surface area (Å²) in [6.45, 7) is 6.61. The highest BCUT2D eigenvalue weighted by Crippen LogP contribution is 2.21. The van der Waals surface area contributed by atoms with Gasteiger partial charge in [0.05, 0.1) is 5.69 Å². The molecule has 26 heavy (non-hydrogen) atoms. The van der Waals surface area contributed by atoms with E-state index in [2.05, 4.69) is 50.7 Å². The van der Waals surface area contributed by atoms with Crippen molar-refractivity contribution in [2.24, 2.45) is 5.92 Å². The van der Waals surface area contributed by atoms with Gasteiger partial charge in [-0.1, -0.05) is 12.1 Å². The summed E-state index contributed by atoms with van der Waals surface area (Å²) in [6, 6.07) is 10.5. The molecule has 1 aromatic heterocycles. The fourth-order valence-corrected chi connectivity index (χ4v) is 3.81. The fourth-order valence-electron chi connectivity index (χ4n) is 3.81. The topological polar surface area (TPSA) is 62.2 Å². The average molecular weight is 353 g/mol. The molecule has 0 saturated carbocycles. The number of hydrogen-bond acceptors (Lipinski definition) is 4. The van der Waals surface area contributed by atoms with Gasteiger partial charge in [-0.3, -0.25) is 4.79 Å². The van der Waals surface area contributed by atoms with E-state index in [9.17, 15) is 4.79 Å². The van der Waals surface area contributed by atoms with Gasteiger partial charge in [-0.2, -0.15) is 5.10 Å². The van der Waals surface area contributed by atoms with E-state index in [4.69, 9.17) is 0 Å². The van der Waals surface area contributed by atoms with Crippen LogP contribution in [0.15, 0.2) is 30.3 Å². The summed E-state index contributed by atoms with van der Waals surface area (Å²) >= 11 is 0. The van der Waals surface area contributed by atoms with Crippen LogP contribution < -0.4 is 15.5 Å². The molecule has 1 aromatic carbocycles. The Bertz CT molecular complexity index is 767. The highest BCUT2D eigenvalue weighted by Gasteiger charge is 2.20. The van der Waals surface area contributed by atoms with Gasteiger partial charge in [0.15, 0.2) is 0 Å². The van der Waals surface area contributed by atoms with Gasteiger partial charge in [0.1, 0.15) is 5.82 Å². The maximum Gasteiger partial charge on any atom is 0.226 e. The monoisotopic (exact) mass is 353 g/mol. The number of carbonyl (C=O) groups excluding carboxylic acids is 1. The molecule has 138 valence electrons. The van der Waals surface area contributed by atoms with Crippen molar-refractivity contribution in [1.82, 2.24) is 15.1 Å². The molecule has 2 aromatic rings. The second-order valence-electron chi connectivity index (χ2n) is 7.40. The maximum absolute atomic E-state index is 12.0. The van der Waals surface area contributed by atoms with Crippen molar-refractivity contribution in [3.05, 3.63) is 41.6 Å². The lowest BCUT2D eigenvalue weighted by Crippen LogP contribution is -2.35.